The van der Waals surface area contributed by atoms with E-state index in [1.807, 2.05) is 30.5 Å². The Kier molecular flexibility index (Phi) is 7.01. The van der Waals surface area contributed by atoms with Gasteiger partial charge in [0.15, 0.2) is 0 Å². The molecular weight excluding hydrogens is 398 g/mol. The summed E-state index contributed by atoms with van der Waals surface area (Å²) in [5.74, 6) is -0.222. The maximum Gasteiger partial charge on any atom is 0.227 e. The SMILES string of the molecule is CSc1ccc(N2CC(C(=O)NCC3(N4CCOCC4)CCCCC3)CC2=O)cc1. The summed E-state index contributed by atoms with van der Waals surface area (Å²) in [6.45, 7) is 4.58. The van der Waals surface area contributed by atoms with Crippen LogP contribution in [0.25, 0.3) is 0 Å². The zero-order valence-electron chi connectivity index (χ0n) is 17.9. The molecule has 0 aromatic heterocycles. The number of carbonyl (C=O) groups excluding carboxylic acids is 2. The van der Waals surface area contributed by atoms with Crippen LogP contribution in [0.15, 0.2) is 29.2 Å². The van der Waals surface area contributed by atoms with E-state index in [1.165, 1.54) is 24.2 Å². The summed E-state index contributed by atoms with van der Waals surface area (Å²) in [7, 11) is 0. The van der Waals surface area contributed by atoms with E-state index in [4.69, 9.17) is 4.74 Å². The average Bonchev–Trinajstić information content (AvgIpc) is 3.20. The van der Waals surface area contributed by atoms with E-state index in [9.17, 15) is 9.59 Å². The predicted octanol–water partition coefficient (Wildman–Crippen LogP) is 2.91. The smallest absolute Gasteiger partial charge is 0.227 e. The quantitative estimate of drug-likeness (QED) is 0.702. The van der Waals surface area contributed by atoms with Crippen molar-refractivity contribution in [2.75, 3.05) is 50.5 Å². The molecule has 2 aliphatic heterocycles. The van der Waals surface area contributed by atoms with Crippen LogP contribution >= 0.6 is 11.8 Å². The highest BCUT2D eigenvalue weighted by Gasteiger charge is 2.40. The average molecular weight is 432 g/mol. The van der Waals surface area contributed by atoms with Crippen molar-refractivity contribution in [2.45, 2.75) is 49.0 Å². The molecule has 1 N–H and O–H groups in total. The number of nitrogens with zero attached hydrogens (tertiary/aromatic N) is 2. The van der Waals surface area contributed by atoms with Gasteiger partial charge < -0.3 is 15.0 Å². The van der Waals surface area contributed by atoms with Gasteiger partial charge in [-0.2, -0.15) is 0 Å². The normalized spacial score (nSPS) is 24.8. The number of carbonyl (C=O) groups is 2. The number of anilines is 1. The number of rotatable bonds is 6. The maximum absolute atomic E-state index is 13.0. The van der Waals surface area contributed by atoms with Crippen LogP contribution in [0.4, 0.5) is 5.69 Å². The van der Waals surface area contributed by atoms with E-state index in [0.29, 0.717) is 19.5 Å². The molecule has 3 fully saturated rings. The van der Waals surface area contributed by atoms with Gasteiger partial charge >= 0.3 is 0 Å². The molecule has 1 aliphatic carbocycles. The summed E-state index contributed by atoms with van der Waals surface area (Å²) in [5, 5.41) is 3.24. The van der Waals surface area contributed by atoms with Crippen LogP contribution in [0.2, 0.25) is 0 Å². The van der Waals surface area contributed by atoms with Crippen molar-refractivity contribution in [2.24, 2.45) is 5.92 Å². The fraction of sp³-hybridized carbons (Fsp3) is 0.652. The highest BCUT2D eigenvalue weighted by atomic mass is 32.2. The van der Waals surface area contributed by atoms with Gasteiger partial charge in [-0.15, -0.1) is 11.8 Å². The molecule has 1 saturated carbocycles. The number of hydrogen-bond acceptors (Lipinski definition) is 5. The lowest BCUT2D eigenvalue weighted by Crippen LogP contribution is -2.60. The summed E-state index contributed by atoms with van der Waals surface area (Å²) >= 11 is 1.68. The Morgan fingerprint density at radius 2 is 1.87 bits per heavy atom. The molecule has 2 heterocycles. The molecular formula is C23H33N3O3S. The minimum atomic E-state index is -0.275. The topological polar surface area (TPSA) is 61.9 Å². The van der Waals surface area contributed by atoms with Crippen molar-refractivity contribution >= 4 is 29.3 Å². The van der Waals surface area contributed by atoms with Gasteiger partial charge in [0.05, 0.1) is 19.1 Å². The van der Waals surface area contributed by atoms with Gasteiger partial charge in [0.1, 0.15) is 0 Å². The number of hydrogen-bond donors (Lipinski definition) is 1. The van der Waals surface area contributed by atoms with Crippen molar-refractivity contribution < 1.29 is 14.3 Å². The summed E-state index contributed by atoms with van der Waals surface area (Å²) in [5.41, 5.74) is 0.929. The highest BCUT2D eigenvalue weighted by Crippen LogP contribution is 2.34. The van der Waals surface area contributed by atoms with E-state index in [-0.39, 0.29) is 23.3 Å². The molecule has 1 aromatic rings. The second kappa shape index (κ2) is 9.71. The van der Waals surface area contributed by atoms with E-state index >= 15 is 0 Å². The second-order valence-corrected chi connectivity index (χ2v) is 9.59. The van der Waals surface area contributed by atoms with Crippen LogP contribution < -0.4 is 10.2 Å². The van der Waals surface area contributed by atoms with Crippen molar-refractivity contribution in [3.63, 3.8) is 0 Å². The molecule has 2 saturated heterocycles. The fourth-order valence-electron chi connectivity index (χ4n) is 5.14. The summed E-state index contributed by atoms with van der Waals surface area (Å²) in [4.78, 5) is 31.0. The summed E-state index contributed by atoms with van der Waals surface area (Å²) in [6.07, 6.45) is 8.30. The Morgan fingerprint density at radius 1 is 1.17 bits per heavy atom. The number of thioether (sulfide) groups is 1. The first-order chi connectivity index (χ1) is 14.6. The Labute approximate surface area is 183 Å². The molecule has 30 heavy (non-hydrogen) atoms. The van der Waals surface area contributed by atoms with Crippen LogP contribution in [0.3, 0.4) is 0 Å². The zero-order chi connectivity index (χ0) is 21.0. The van der Waals surface area contributed by atoms with Gasteiger partial charge in [-0.3, -0.25) is 14.5 Å². The molecule has 6 nitrogen and oxygen atoms in total. The Bertz CT molecular complexity index is 743. The minimum absolute atomic E-state index is 0.0183. The molecule has 1 aromatic carbocycles. The first kappa shape index (κ1) is 21.7. The monoisotopic (exact) mass is 431 g/mol. The van der Waals surface area contributed by atoms with Gasteiger partial charge in [0.25, 0.3) is 0 Å². The predicted molar refractivity (Wildman–Crippen MR) is 120 cm³/mol. The summed E-state index contributed by atoms with van der Waals surface area (Å²) in [6, 6.07) is 7.99. The zero-order valence-corrected chi connectivity index (χ0v) is 18.7. The van der Waals surface area contributed by atoms with Crippen LogP contribution in [0.5, 0.6) is 0 Å². The number of morpholine rings is 1. The first-order valence-electron chi connectivity index (χ1n) is 11.2. The Morgan fingerprint density at radius 3 is 2.53 bits per heavy atom. The molecule has 1 unspecified atom stereocenters. The van der Waals surface area contributed by atoms with Crippen molar-refractivity contribution in [3.8, 4) is 0 Å². The third-order valence-corrected chi connectivity index (χ3v) is 7.68. The van der Waals surface area contributed by atoms with Crippen molar-refractivity contribution in [1.29, 1.82) is 0 Å². The molecule has 7 heteroatoms. The maximum atomic E-state index is 13.0. The molecule has 2 amide bonds. The number of ether oxygens (including phenoxy) is 1. The van der Waals surface area contributed by atoms with Crippen LogP contribution in [-0.4, -0.2) is 67.9 Å². The molecule has 3 aliphatic rings. The minimum Gasteiger partial charge on any atom is -0.379 e. The summed E-state index contributed by atoms with van der Waals surface area (Å²) < 4.78 is 5.55. The largest absolute Gasteiger partial charge is 0.379 e. The standard InChI is InChI=1S/C23H33N3O3S/c1-30-20-7-5-19(6-8-20)26-16-18(15-21(26)27)22(28)24-17-23(9-3-2-4-10-23)25-11-13-29-14-12-25/h5-8,18H,2-4,9-17H2,1H3,(H,24,28). The molecule has 0 spiro atoms. The number of amides is 2. The Hall–Kier alpha value is -1.57. The van der Waals surface area contributed by atoms with Gasteiger partial charge in [0, 0.05) is 48.7 Å². The first-order valence-corrected chi connectivity index (χ1v) is 12.4. The van der Waals surface area contributed by atoms with E-state index in [1.54, 1.807) is 16.7 Å². The van der Waals surface area contributed by atoms with Gasteiger partial charge in [-0.1, -0.05) is 19.3 Å². The molecule has 0 radical (unpaired) electrons. The van der Waals surface area contributed by atoms with E-state index < -0.39 is 0 Å². The van der Waals surface area contributed by atoms with Crippen LogP contribution in [-0.2, 0) is 14.3 Å². The number of nitrogens with one attached hydrogen (secondary N) is 1. The van der Waals surface area contributed by atoms with Crippen LogP contribution in [0, 0.1) is 5.92 Å². The van der Waals surface area contributed by atoms with Crippen LogP contribution in [0.1, 0.15) is 38.5 Å². The van der Waals surface area contributed by atoms with Crippen molar-refractivity contribution in [3.05, 3.63) is 24.3 Å². The van der Waals surface area contributed by atoms with E-state index in [2.05, 4.69) is 10.2 Å². The third-order valence-electron chi connectivity index (χ3n) is 6.94. The highest BCUT2D eigenvalue weighted by molar-refractivity contribution is 7.98. The molecule has 164 valence electrons. The third kappa shape index (κ3) is 4.68. The van der Waals surface area contributed by atoms with Crippen molar-refractivity contribution in [1.82, 2.24) is 10.2 Å². The second-order valence-electron chi connectivity index (χ2n) is 8.71. The fourth-order valence-corrected chi connectivity index (χ4v) is 5.55. The molecule has 0 bridgehead atoms. The lowest BCUT2D eigenvalue weighted by atomic mass is 9.79. The lowest BCUT2D eigenvalue weighted by molar-refractivity contribution is -0.127. The lowest BCUT2D eigenvalue weighted by Gasteiger charge is -2.48. The van der Waals surface area contributed by atoms with E-state index in [0.717, 1.165) is 44.8 Å². The molecule has 4 rings (SSSR count). The van der Waals surface area contributed by atoms with Gasteiger partial charge in [0.2, 0.25) is 11.8 Å². The number of benzene rings is 1. The molecule has 1 atom stereocenters. The Balaban J connectivity index is 1.37. The van der Waals surface area contributed by atoms with Gasteiger partial charge in [-0.05, 0) is 43.4 Å². The van der Waals surface area contributed by atoms with Gasteiger partial charge in [-0.25, -0.2) is 0 Å².